The van der Waals surface area contributed by atoms with E-state index in [1.165, 1.54) is 8.61 Å². The molecular weight excluding hydrogens is 470 g/mol. The van der Waals surface area contributed by atoms with Crippen molar-refractivity contribution >= 4 is 20.0 Å². The molecule has 1 N–H and O–H groups in total. The highest BCUT2D eigenvalue weighted by atomic mass is 32.2. The Kier molecular flexibility index (Phi) is 8.70. The highest BCUT2D eigenvalue weighted by Crippen LogP contribution is 2.23. The average Bonchev–Trinajstić information content (AvgIpc) is 2.78. The van der Waals surface area contributed by atoms with Crippen LogP contribution in [0.4, 0.5) is 0 Å². The third kappa shape index (κ3) is 6.34. The number of sulfonamides is 2. The second-order valence-corrected chi connectivity index (χ2v) is 12.8. The summed E-state index contributed by atoms with van der Waals surface area (Å²) in [6, 6.07) is 13.3. The monoisotopic (exact) mass is 505 g/mol. The highest BCUT2D eigenvalue weighted by Gasteiger charge is 2.31. The number of benzene rings is 2. The van der Waals surface area contributed by atoms with Gasteiger partial charge in [-0.15, -0.1) is 0 Å². The Hall–Kier alpha value is -2.04. The van der Waals surface area contributed by atoms with E-state index in [2.05, 4.69) is 11.9 Å². The molecule has 1 aliphatic rings. The summed E-state index contributed by atoms with van der Waals surface area (Å²) in [5.41, 5.74) is 2.49. The van der Waals surface area contributed by atoms with Gasteiger partial charge in [0.15, 0.2) is 0 Å². The Morgan fingerprint density at radius 1 is 0.824 bits per heavy atom. The maximum atomic E-state index is 13.5. The molecule has 34 heavy (non-hydrogen) atoms. The number of hydrogen-bond donors (Lipinski definition) is 1. The minimum atomic E-state index is -3.78. The molecule has 1 heterocycles. The molecule has 0 aliphatic carbocycles. The predicted octanol–water partition coefficient (Wildman–Crippen LogP) is 3.31. The quantitative estimate of drug-likeness (QED) is 0.645. The summed E-state index contributed by atoms with van der Waals surface area (Å²) in [5, 5.41) is 3.32. The maximum absolute atomic E-state index is 13.5. The molecule has 1 fully saturated rings. The van der Waals surface area contributed by atoms with Gasteiger partial charge in [0.2, 0.25) is 20.0 Å². The van der Waals surface area contributed by atoms with Gasteiger partial charge in [-0.05, 0) is 76.5 Å². The van der Waals surface area contributed by atoms with Gasteiger partial charge in [-0.3, -0.25) is 0 Å². The summed E-state index contributed by atoms with van der Waals surface area (Å²) in [6.45, 7) is 11.5. The van der Waals surface area contributed by atoms with E-state index < -0.39 is 20.0 Å². The van der Waals surface area contributed by atoms with Gasteiger partial charge < -0.3 is 5.32 Å². The second-order valence-electron chi connectivity index (χ2n) is 9.01. The van der Waals surface area contributed by atoms with Crippen molar-refractivity contribution in [2.75, 3.05) is 32.7 Å². The van der Waals surface area contributed by atoms with Crippen molar-refractivity contribution in [3.05, 3.63) is 71.8 Å². The van der Waals surface area contributed by atoms with Crippen LogP contribution in [-0.2, 0) is 20.0 Å². The highest BCUT2D eigenvalue weighted by molar-refractivity contribution is 7.89. The fraction of sp³-hybridized carbons (Fsp3) is 0.440. The second kappa shape index (κ2) is 11.1. The van der Waals surface area contributed by atoms with Crippen LogP contribution in [0.5, 0.6) is 0 Å². The summed E-state index contributed by atoms with van der Waals surface area (Å²) in [6.07, 6.45) is 1.29. The van der Waals surface area contributed by atoms with E-state index in [0.717, 1.165) is 11.1 Å². The van der Waals surface area contributed by atoms with Gasteiger partial charge >= 0.3 is 0 Å². The predicted molar refractivity (Wildman–Crippen MR) is 136 cm³/mol. The van der Waals surface area contributed by atoms with E-state index in [1.54, 1.807) is 48.5 Å². The summed E-state index contributed by atoms with van der Waals surface area (Å²) in [7, 11) is -7.53. The number of rotatable bonds is 4. The van der Waals surface area contributed by atoms with Gasteiger partial charge in [0.25, 0.3) is 0 Å². The maximum Gasteiger partial charge on any atom is 0.243 e. The number of nitrogens with zero attached hydrogens (tertiary/aromatic N) is 2. The molecule has 1 unspecified atom stereocenters. The molecule has 7 nitrogen and oxygen atoms in total. The lowest BCUT2D eigenvalue weighted by atomic mass is 10.2. The Morgan fingerprint density at radius 3 is 1.91 bits per heavy atom. The van der Waals surface area contributed by atoms with Crippen LogP contribution >= 0.6 is 0 Å². The molecule has 0 spiro atoms. The Labute approximate surface area is 204 Å². The molecule has 3 rings (SSSR count). The number of nitrogens with one attached hydrogen (secondary N) is 1. The Bertz CT molecular complexity index is 1190. The van der Waals surface area contributed by atoms with E-state index in [-0.39, 0.29) is 28.9 Å². The lowest BCUT2D eigenvalue weighted by Crippen LogP contribution is -2.44. The van der Waals surface area contributed by atoms with Crippen LogP contribution in [-0.4, -0.2) is 64.2 Å². The van der Waals surface area contributed by atoms with Crippen molar-refractivity contribution in [3.8, 4) is 0 Å². The first-order chi connectivity index (χ1) is 16.0. The average molecular weight is 506 g/mol. The van der Waals surface area contributed by atoms with E-state index in [4.69, 9.17) is 0 Å². The van der Waals surface area contributed by atoms with Crippen molar-refractivity contribution in [2.45, 2.75) is 49.4 Å². The molecule has 0 radical (unpaired) electrons. The fourth-order valence-electron chi connectivity index (χ4n) is 3.95. The van der Waals surface area contributed by atoms with Crippen LogP contribution in [0.3, 0.4) is 0 Å². The van der Waals surface area contributed by atoms with Crippen LogP contribution in [0.25, 0.3) is 0 Å². The summed E-state index contributed by atoms with van der Waals surface area (Å²) in [4.78, 5) is 0.449. The SMILES string of the molecule is C=C1CN(S(=O)(=O)c2ccc(C)cc2)CCCNCCC(C)N(S(=O)(=O)c2ccc(C)cc2)C1. The van der Waals surface area contributed by atoms with Crippen LogP contribution < -0.4 is 5.32 Å². The molecule has 0 amide bonds. The van der Waals surface area contributed by atoms with Gasteiger partial charge in [0.1, 0.15) is 0 Å². The first kappa shape index (κ1) is 26.6. The molecule has 2 aromatic carbocycles. The van der Waals surface area contributed by atoms with Gasteiger partial charge in [-0.2, -0.15) is 8.61 Å². The standard InChI is InChI=1S/C25H35N3O4S2/c1-20-6-10-24(11-7-20)33(29,30)27-17-5-15-26-16-14-23(4)28(19-22(3)18-27)34(31,32)25-12-8-21(2)9-13-25/h6-13,23,26H,3,5,14-19H2,1-2,4H3. The molecule has 1 atom stereocenters. The Morgan fingerprint density at radius 2 is 1.35 bits per heavy atom. The number of aryl methyl sites for hydroxylation is 2. The minimum Gasteiger partial charge on any atom is -0.317 e. The van der Waals surface area contributed by atoms with Gasteiger partial charge in [-0.25, -0.2) is 16.8 Å². The van der Waals surface area contributed by atoms with Crippen LogP contribution in [0.1, 0.15) is 30.9 Å². The topological polar surface area (TPSA) is 86.8 Å². The fourth-order valence-corrected chi connectivity index (χ4v) is 7.13. The van der Waals surface area contributed by atoms with E-state index in [0.29, 0.717) is 38.0 Å². The van der Waals surface area contributed by atoms with Gasteiger partial charge in [-0.1, -0.05) is 42.0 Å². The van der Waals surface area contributed by atoms with E-state index in [1.807, 2.05) is 20.8 Å². The van der Waals surface area contributed by atoms with Gasteiger partial charge in [0, 0.05) is 25.7 Å². The zero-order valence-electron chi connectivity index (χ0n) is 20.2. The van der Waals surface area contributed by atoms with Crippen LogP contribution in [0.2, 0.25) is 0 Å². The van der Waals surface area contributed by atoms with Gasteiger partial charge in [0.05, 0.1) is 9.79 Å². The third-order valence-electron chi connectivity index (χ3n) is 6.06. The normalized spacial score (nSPS) is 20.4. The van der Waals surface area contributed by atoms with Crippen molar-refractivity contribution in [3.63, 3.8) is 0 Å². The van der Waals surface area contributed by atoms with Crippen molar-refractivity contribution in [2.24, 2.45) is 0 Å². The minimum absolute atomic E-state index is 0.0529. The summed E-state index contributed by atoms with van der Waals surface area (Å²) < 4.78 is 56.7. The molecule has 0 saturated carbocycles. The van der Waals surface area contributed by atoms with E-state index >= 15 is 0 Å². The van der Waals surface area contributed by atoms with Crippen LogP contribution in [0, 0.1) is 13.8 Å². The molecule has 0 bridgehead atoms. The largest absolute Gasteiger partial charge is 0.317 e. The molecule has 0 aromatic heterocycles. The lowest BCUT2D eigenvalue weighted by molar-refractivity contribution is 0.322. The van der Waals surface area contributed by atoms with E-state index in [9.17, 15) is 16.8 Å². The number of hydrogen-bond acceptors (Lipinski definition) is 5. The molecule has 9 heteroatoms. The molecule has 1 saturated heterocycles. The first-order valence-corrected chi connectivity index (χ1v) is 14.4. The Balaban J connectivity index is 1.91. The van der Waals surface area contributed by atoms with Crippen LogP contribution in [0.15, 0.2) is 70.5 Å². The molecule has 2 aromatic rings. The molecule has 186 valence electrons. The zero-order chi connectivity index (χ0) is 24.9. The summed E-state index contributed by atoms with van der Waals surface area (Å²) >= 11 is 0. The zero-order valence-corrected chi connectivity index (χ0v) is 21.8. The van der Waals surface area contributed by atoms with Crippen molar-refractivity contribution in [1.29, 1.82) is 0 Å². The molecular formula is C25H35N3O4S2. The lowest BCUT2D eigenvalue weighted by Gasteiger charge is -2.31. The smallest absolute Gasteiger partial charge is 0.243 e. The third-order valence-corrected chi connectivity index (χ3v) is 9.89. The first-order valence-electron chi connectivity index (χ1n) is 11.5. The summed E-state index contributed by atoms with van der Waals surface area (Å²) in [5.74, 6) is 0. The molecule has 1 aliphatic heterocycles. The van der Waals surface area contributed by atoms with Crippen molar-refractivity contribution in [1.82, 2.24) is 13.9 Å². The van der Waals surface area contributed by atoms with Crippen molar-refractivity contribution < 1.29 is 16.8 Å².